The van der Waals surface area contributed by atoms with Gasteiger partial charge < -0.3 is 20.3 Å². The van der Waals surface area contributed by atoms with Gasteiger partial charge >= 0.3 is 0 Å². The molecular formula is C18H27ClN4O2. The van der Waals surface area contributed by atoms with E-state index in [4.69, 9.17) is 16.3 Å². The third kappa shape index (κ3) is 6.46. The number of carbonyl (C=O) groups is 1. The molecule has 0 radical (unpaired) electrons. The minimum Gasteiger partial charge on any atom is -0.492 e. The van der Waals surface area contributed by atoms with Crippen LogP contribution in [-0.2, 0) is 4.79 Å². The van der Waals surface area contributed by atoms with Crippen molar-refractivity contribution in [2.24, 2.45) is 10.9 Å². The summed E-state index contributed by atoms with van der Waals surface area (Å²) in [6, 6.07) is 7.38. The number of nitrogens with one attached hydrogen (secondary N) is 2. The van der Waals surface area contributed by atoms with Gasteiger partial charge in [0.25, 0.3) is 0 Å². The number of piperidine rings is 1. The summed E-state index contributed by atoms with van der Waals surface area (Å²) in [5.41, 5.74) is 0. The molecule has 0 spiro atoms. The van der Waals surface area contributed by atoms with E-state index < -0.39 is 0 Å². The molecule has 1 aliphatic heterocycles. The lowest BCUT2D eigenvalue weighted by molar-refractivity contribution is -0.121. The van der Waals surface area contributed by atoms with Gasteiger partial charge in [0.2, 0.25) is 5.91 Å². The molecule has 1 aromatic carbocycles. The van der Waals surface area contributed by atoms with Crippen molar-refractivity contribution in [1.82, 2.24) is 15.5 Å². The molecule has 0 atom stereocenters. The zero-order chi connectivity index (χ0) is 18.1. The van der Waals surface area contributed by atoms with Crippen molar-refractivity contribution in [1.29, 1.82) is 0 Å². The fraction of sp³-hybridized carbons (Fsp3) is 0.556. The minimum absolute atomic E-state index is 0.124. The number of guanidine groups is 1. The molecule has 1 aromatic rings. The van der Waals surface area contributed by atoms with E-state index in [0.717, 1.165) is 37.6 Å². The molecule has 0 bridgehead atoms. The number of benzene rings is 1. The zero-order valence-electron chi connectivity index (χ0n) is 14.9. The summed E-state index contributed by atoms with van der Waals surface area (Å²) in [4.78, 5) is 18.1. The maximum atomic E-state index is 11.5. The molecule has 7 heteroatoms. The van der Waals surface area contributed by atoms with Gasteiger partial charge in [-0.1, -0.05) is 17.7 Å². The first-order valence-corrected chi connectivity index (χ1v) is 9.04. The average Bonchev–Trinajstić information content (AvgIpc) is 2.63. The fourth-order valence-corrected chi connectivity index (χ4v) is 3.11. The maximum absolute atomic E-state index is 11.5. The molecule has 1 heterocycles. The lowest BCUT2D eigenvalue weighted by Gasteiger charge is -2.34. The number of likely N-dealkylation sites (tertiary alicyclic amines) is 1. The third-order valence-electron chi connectivity index (χ3n) is 4.33. The summed E-state index contributed by atoms with van der Waals surface area (Å²) in [7, 11) is 3.48. The van der Waals surface area contributed by atoms with Gasteiger partial charge in [-0.25, -0.2) is 0 Å². The summed E-state index contributed by atoms with van der Waals surface area (Å²) in [5, 5.41) is 6.69. The highest BCUT2D eigenvalue weighted by molar-refractivity contribution is 6.30. The van der Waals surface area contributed by atoms with E-state index in [9.17, 15) is 4.79 Å². The molecule has 0 unspecified atom stereocenters. The predicted octanol–water partition coefficient (Wildman–Crippen LogP) is 2.14. The van der Waals surface area contributed by atoms with E-state index >= 15 is 0 Å². The average molecular weight is 367 g/mol. The Hall–Kier alpha value is -1.95. The van der Waals surface area contributed by atoms with Gasteiger partial charge in [-0.15, -0.1) is 0 Å². The topological polar surface area (TPSA) is 66.0 Å². The van der Waals surface area contributed by atoms with E-state index in [1.165, 1.54) is 0 Å². The second kappa shape index (κ2) is 10.1. The van der Waals surface area contributed by atoms with E-state index in [1.54, 1.807) is 20.2 Å². The van der Waals surface area contributed by atoms with Crippen molar-refractivity contribution < 1.29 is 9.53 Å². The van der Waals surface area contributed by atoms with Crippen LogP contribution in [0.15, 0.2) is 29.3 Å². The molecule has 0 aromatic heterocycles. The van der Waals surface area contributed by atoms with Crippen LogP contribution in [0.2, 0.25) is 5.02 Å². The Labute approximate surface area is 154 Å². The number of nitrogens with zero attached hydrogens (tertiary/aromatic N) is 2. The standard InChI is InChI=1S/C18H27ClN4O2/c1-20-17(24)12-14-6-9-23(10-7-14)18(21-2)22-8-11-25-16-5-3-4-15(19)13-16/h3-5,13-14H,6-12H2,1-2H3,(H,20,24)(H,21,22). The van der Waals surface area contributed by atoms with Crippen LogP contribution >= 0.6 is 11.6 Å². The summed E-state index contributed by atoms with van der Waals surface area (Å²) in [5.74, 6) is 2.23. The Kier molecular flexibility index (Phi) is 7.85. The summed E-state index contributed by atoms with van der Waals surface area (Å²) >= 11 is 5.94. The molecule has 138 valence electrons. The fourth-order valence-electron chi connectivity index (χ4n) is 2.93. The lowest BCUT2D eigenvalue weighted by Crippen LogP contribution is -2.46. The van der Waals surface area contributed by atoms with E-state index in [0.29, 0.717) is 30.5 Å². The van der Waals surface area contributed by atoms with Crippen LogP contribution in [0, 0.1) is 5.92 Å². The zero-order valence-corrected chi connectivity index (χ0v) is 15.7. The van der Waals surface area contributed by atoms with E-state index in [1.807, 2.05) is 18.2 Å². The van der Waals surface area contributed by atoms with Gasteiger partial charge in [0.1, 0.15) is 12.4 Å². The normalized spacial score (nSPS) is 15.8. The van der Waals surface area contributed by atoms with Crippen LogP contribution in [0.1, 0.15) is 19.3 Å². The number of hydrogen-bond acceptors (Lipinski definition) is 3. The predicted molar refractivity (Wildman–Crippen MR) is 101 cm³/mol. The maximum Gasteiger partial charge on any atom is 0.220 e. The van der Waals surface area contributed by atoms with E-state index in [2.05, 4.69) is 20.5 Å². The summed E-state index contributed by atoms with van der Waals surface area (Å²) < 4.78 is 5.68. The van der Waals surface area contributed by atoms with Crippen LogP contribution in [0.5, 0.6) is 5.75 Å². The monoisotopic (exact) mass is 366 g/mol. The summed E-state index contributed by atoms with van der Waals surface area (Å²) in [6.45, 7) is 3.02. The van der Waals surface area contributed by atoms with Crippen LogP contribution in [0.25, 0.3) is 0 Å². The van der Waals surface area contributed by atoms with Crippen LogP contribution in [-0.4, -0.2) is 57.1 Å². The quantitative estimate of drug-likeness (QED) is 0.460. The van der Waals surface area contributed by atoms with Gasteiger partial charge in [0.15, 0.2) is 5.96 Å². The first-order chi connectivity index (χ1) is 12.1. The Morgan fingerprint density at radius 1 is 1.40 bits per heavy atom. The van der Waals surface area contributed by atoms with Crippen molar-refractivity contribution in [3.8, 4) is 5.75 Å². The second-order valence-corrected chi connectivity index (χ2v) is 6.52. The van der Waals surface area contributed by atoms with Crippen molar-refractivity contribution in [2.45, 2.75) is 19.3 Å². The number of halogens is 1. The van der Waals surface area contributed by atoms with Gasteiger partial charge in [0.05, 0.1) is 6.54 Å². The first kappa shape index (κ1) is 19.4. The molecule has 1 amide bonds. The number of carbonyl (C=O) groups excluding carboxylic acids is 1. The van der Waals surface area contributed by atoms with E-state index in [-0.39, 0.29) is 5.91 Å². The minimum atomic E-state index is 0.124. The summed E-state index contributed by atoms with van der Waals surface area (Å²) in [6.07, 6.45) is 2.63. The number of amides is 1. The van der Waals surface area contributed by atoms with Gasteiger partial charge in [-0.2, -0.15) is 0 Å². The smallest absolute Gasteiger partial charge is 0.220 e. The molecule has 0 saturated carbocycles. The molecule has 2 N–H and O–H groups in total. The third-order valence-corrected chi connectivity index (χ3v) is 4.56. The van der Waals surface area contributed by atoms with Crippen molar-refractivity contribution >= 4 is 23.5 Å². The van der Waals surface area contributed by atoms with Crippen molar-refractivity contribution in [2.75, 3.05) is 40.3 Å². The largest absolute Gasteiger partial charge is 0.492 e. The van der Waals surface area contributed by atoms with Crippen molar-refractivity contribution in [3.05, 3.63) is 29.3 Å². The highest BCUT2D eigenvalue weighted by atomic mass is 35.5. The molecule has 6 nitrogen and oxygen atoms in total. The number of hydrogen-bond donors (Lipinski definition) is 2. The Morgan fingerprint density at radius 3 is 2.80 bits per heavy atom. The molecule has 25 heavy (non-hydrogen) atoms. The Morgan fingerprint density at radius 2 is 2.16 bits per heavy atom. The number of rotatable bonds is 6. The highest BCUT2D eigenvalue weighted by Crippen LogP contribution is 2.20. The Bertz CT molecular complexity index is 586. The van der Waals surface area contributed by atoms with Gasteiger partial charge in [-0.3, -0.25) is 9.79 Å². The second-order valence-electron chi connectivity index (χ2n) is 6.09. The molecule has 1 aliphatic rings. The highest BCUT2D eigenvalue weighted by Gasteiger charge is 2.22. The first-order valence-electron chi connectivity index (χ1n) is 8.67. The molecule has 1 saturated heterocycles. The van der Waals surface area contributed by atoms with Gasteiger partial charge in [-0.05, 0) is 37.0 Å². The number of aliphatic imine (C=N–C) groups is 1. The van der Waals surface area contributed by atoms with Crippen LogP contribution in [0.3, 0.4) is 0 Å². The van der Waals surface area contributed by atoms with Crippen molar-refractivity contribution in [3.63, 3.8) is 0 Å². The van der Waals surface area contributed by atoms with Crippen LogP contribution < -0.4 is 15.4 Å². The molecule has 1 fully saturated rings. The molecule has 2 rings (SSSR count). The molecular weight excluding hydrogens is 340 g/mol. The number of ether oxygens (including phenoxy) is 1. The van der Waals surface area contributed by atoms with Gasteiger partial charge in [0, 0.05) is 38.6 Å². The SMILES string of the molecule is CN=C(NCCOc1cccc(Cl)c1)N1CCC(CC(=O)NC)CC1. The molecule has 0 aliphatic carbocycles. The lowest BCUT2D eigenvalue weighted by atomic mass is 9.93. The Balaban J connectivity index is 1.69. The van der Waals surface area contributed by atoms with Crippen LogP contribution in [0.4, 0.5) is 0 Å².